The molecule has 2 heteroatoms. The molecule has 0 amide bonds. The van der Waals surface area contributed by atoms with Crippen molar-refractivity contribution in [2.75, 3.05) is 12.5 Å². The molecule has 0 spiro atoms. The highest BCUT2D eigenvalue weighted by Crippen LogP contribution is 2.10. The fourth-order valence-corrected chi connectivity index (χ4v) is 0.777. The first-order valence-electron chi connectivity index (χ1n) is 3.18. The first-order valence-corrected chi connectivity index (χ1v) is 3.18. The highest BCUT2D eigenvalue weighted by Gasteiger charge is 1.90. The molecule has 0 saturated carbocycles. The Balaban J connectivity index is 2.81. The molecule has 2 N–H and O–H groups in total. The van der Waals surface area contributed by atoms with E-state index in [-0.39, 0.29) is 0 Å². The normalized spacial score (nSPS) is 9.40. The lowest BCUT2D eigenvalue weighted by molar-refractivity contribution is 0.982. The van der Waals surface area contributed by atoms with Crippen molar-refractivity contribution in [3.05, 3.63) is 36.8 Å². The first kappa shape index (κ1) is 7.09. The van der Waals surface area contributed by atoms with Gasteiger partial charge in [0, 0.05) is 7.05 Å². The van der Waals surface area contributed by atoms with Crippen molar-refractivity contribution >= 4 is 5.69 Å². The maximum Gasteiger partial charge on any atom is 0.0519 e. The molecule has 0 aliphatic heterocycles. The molecule has 0 saturated heterocycles. The molecule has 0 fully saturated rings. The van der Waals surface area contributed by atoms with E-state index >= 15 is 0 Å². The summed E-state index contributed by atoms with van der Waals surface area (Å²) in [4.78, 5) is 0. The van der Waals surface area contributed by atoms with Gasteiger partial charge in [-0.05, 0) is 18.6 Å². The summed E-state index contributed by atoms with van der Waals surface area (Å²) < 4.78 is 0. The van der Waals surface area contributed by atoms with Crippen molar-refractivity contribution in [2.24, 2.45) is 0 Å². The Bertz CT molecular complexity index is 208. The minimum absolute atomic E-state index is 0.997. The Morgan fingerprint density at radius 2 is 2.00 bits per heavy atom. The molecule has 1 radical (unpaired) electrons. The number of anilines is 1. The zero-order chi connectivity index (χ0) is 7.40. The number of hydrazine groups is 1. The summed E-state index contributed by atoms with van der Waals surface area (Å²) in [6.45, 7) is 3.84. The molecule has 0 aliphatic carbocycles. The number of nitrogens with one attached hydrogen (secondary N) is 2. The molecule has 0 heterocycles. The van der Waals surface area contributed by atoms with E-state index in [1.54, 1.807) is 0 Å². The largest absolute Gasteiger partial charge is 0.321 e. The Morgan fingerprint density at radius 3 is 2.60 bits per heavy atom. The van der Waals surface area contributed by atoms with Gasteiger partial charge in [-0.1, -0.05) is 18.2 Å². The summed E-state index contributed by atoms with van der Waals surface area (Å²) in [5.74, 6) is 0. The van der Waals surface area contributed by atoms with Crippen LogP contribution in [-0.4, -0.2) is 7.05 Å². The van der Waals surface area contributed by atoms with Gasteiger partial charge in [-0.25, -0.2) is 5.43 Å². The van der Waals surface area contributed by atoms with Gasteiger partial charge in [-0.15, -0.1) is 0 Å². The molecule has 2 nitrogen and oxygen atoms in total. The number of rotatable bonds is 2. The third kappa shape index (κ3) is 1.48. The van der Waals surface area contributed by atoms with E-state index < -0.39 is 0 Å². The molecule has 0 bridgehead atoms. The molecule has 0 unspecified atom stereocenters. The number of benzene rings is 1. The molecule has 0 atom stereocenters. The Kier molecular flexibility index (Phi) is 2.29. The summed E-state index contributed by atoms with van der Waals surface area (Å²) in [5.41, 5.74) is 7.81. The average Bonchev–Trinajstić information content (AvgIpc) is 1.94. The monoisotopic (exact) mass is 135 g/mol. The Labute approximate surface area is 61.2 Å². The standard InChI is InChI=1S/C8H11N2/c1-7-5-3-4-6-8(7)10-9-2/h3-6,9-10H,1H2,2H3. The van der Waals surface area contributed by atoms with Crippen LogP contribution in [0.3, 0.4) is 0 Å². The molecule has 1 aromatic carbocycles. The Morgan fingerprint density at radius 1 is 1.30 bits per heavy atom. The van der Waals surface area contributed by atoms with Crippen molar-refractivity contribution < 1.29 is 0 Å². The zero-order valence-electron chi connectivity index (χ0n) is 6.02. The summed E-state index contributed by atoms with van der Waals surface area (Å²) >= 11 is 0. The first-order chi connectivity index (χ1) is 4.84. The SMILES string of the molecule is [CH2]c1ccccc1NNC. The number of hydrogen-bond donors (Lipinski definition) is 2. The maximum absolute atomic E-state index is 3.84. The quantitative estimate of drug-likeness (QED) is 0.599. The van der Waals surface area contributed by atoms with Gasteiger partial charge in [0.1, 0.15) is 0 Å². The summed E-state index contributed by atoms with van der Waals surface area (Å²) in [6.07, 6.45) is 0. The lowest BCUT2D eigenvalue weighted by Gasteiger charge is -2.05. The fraction of sp³-hybridized carbons (Fsp3) is 0.125. The molecule has 0 aromatic heterocycles. The van der Waals surface area contributed by atoms with Gasteiger partial charge in [-0.3, -0.25) is 0 Å². The van der Waals surface area contributed by atoms with Crippen LogP contribution in [0.1, 0.15) is 5.56 Å². The van der Waals surface area contributed by atoms with E-state index in [1.165, 1.54) is 0 Å². The van der Waals surface area contributed by atoms with E-state index in [2.05, 4.69) is 17.8 Å². The predicted molar refractivity (Wildman–Crippen MR) is 43.6 cm³/mol. The van der Waals surface area contributed by atoms with E-state index in [9.17, 15) is 0 Å². The van der Waals surface area contributed by atoms with Crippen LogP contribution in [0, 0.1) is 6.92 Å². The van der Waals surface area contributed by atoms with Gasteiger partial charge in [0.05, 0.1) is 5.69 Å². The lowest BCUT2D eigenvalue weighted by atomic mass is 10.2. The van der Waals surface area contributed by atoms with Gasteiger partial charge < -0.3 is 5.43 Å². The van der Waals surface area contributed by atoms with Crippen LogP contribution >= 0.6 is 0 Å². The fourth-order valence-electron chi connectivity index (χ4n) is 0.777. The van der Waals surface area contributed by atoms with E-state index in [0.29, 0.717) is 0 Å². The minimum Gasteiger partial charge on any atom is -0.321 e. The van der Waals surface area contributed by atoms with Crippen LogP contribution in [0.25, 0.3) is 0 Å². The van der Waals surface area contributed by atoms with Crippen molar-refractivity contribution in [3.63, 3.8) is 0 Å². The van der Waals surface area contributed by atoms with Crippen LogP contribution in [-0.2, 0) is 0 Å². The molecular formula is C8H11N2. The summed E-state index contributed by atoms with van der Waals surface area (Å²) in [7, 11) is 1.83. The van der Waals surface area contributed by atoms with E-state index in [0.717, 1.165) is 11.3 Å². The van der Waals surface area contributed by atoms with Crippen LogP contribution in [0.4, 0.5) is 5.69 Å². The predicted octanol–water partition coefficient (Wildman–Crippen LogP) is 1.42. The van der Waals surface area contributed by atoms with E-state index in [4.69, 9.17) is 0 Å². The van der Waals surface area contributed by atoms with Gasteiger partial charge in [0.2, 0.25) is 0 Å². The molecule has 1 aromatic rings. The second-order valence-electron chi connectivity index (χ2n) is 2.03. The van der Waals surface area contributed by atoms with E-state index in [1.807, 2.05) is 31.3 Å². The van der Waals surface area contributed by atoms with Gasteiger partial charge in [0.15, 0.2) is 0 Å². The van der Waals surface area contributed by atoms with Crippen LogP contribution in [0.2, 0.25) is 0 Å². The summed E-state index contributed by atoms with van der Waals surface area (Å²) in [5, 5.41) is 0. The van der Waals surface area contributed by atoms with Crippen LogP contribution in [0.15, 0.2) is 24.3 Å². The highest BCUT2D eigenvalue weighted by molar-refractivity contribution is 5.51. The third-order valence-corrected chi connectivity index (χ3v) is 1.28. The zero-order valence-corrected chi connectivity index (χ0v) is 6.02. The number of hydrogen-bond acceptors (Lipinski definition) is 2. The van der Waals surface area contributed by atoms with Gasteiger partial charge >= 0.3 is 0 Å². The maximum atomic E-state index is 3.84. The second-order valence-corrected chi connectivity index (χ2v) is 2.03. The van der Waals surface area contributed by atoms with Crippen molar-refractivity contribution in [1.82, 2.24) is 5.43 Å². The van der Waals surface area contributed by atoms with Gasteiger partial charge in [-0.2, -0.15) is 0 Å². The topological polar surface area (TPSA) is 24.1 Å². The van der Waals surface area contributed by atoms with Gasteiger partial charge in [0.25, 0.3) is 0 Å². The van der Waals surface area contributed by atoms with Crippen molar-refractivity contribution in [2.45, 2.75) is 0 Å². The van der Waals surface area contributed by atoms with Crippen LogP contribution < -0.4 is 10.9 Å². The van der Waals surface area contributed by atoms with Crippen LogP contribution in [0.5, 0.6) is 0 Å². The molecule has 10 heavy (non-hydrogen) atoms. The molecular weight excluding hydrogens is 124 g/mol. The van der Waals surface area contributed by atoms with Crippen molar-refractivity contribution in [3.8, 4) is 0 Å². The van der Waals surface area contributed by atoms with Crippen molar-refractivity contribution in [1.29, 1.82) is 0 Å². The third-order valence-electron chi connectivity index (χ3n) is 1.28. The molecule has 1 rings (SSSR count). The summed E-state index contributed by atoms with van der Waals surface area (Å²) in [6, 6.07) is 7.86. The minimum atomic E-state index is 0.997. The Hall–Kier alpha value is -1.02. The average molecular weight is 135 g/mol. The molecule has 53 valence electrons. The smallest absolute Gasteiger partial charge is 0.0519 e. The molecule has 0 aliphatic rings. The second kappa shape index (κ2) is 3.22. The highest BCUT2D eigenvalue weighted by atomic mass is 15.3. The number of para-hydroxylation sites is 1. The lowest BCUT2D eigenvalue weighted by Crippen LogP contribution is -2.15.